The number of hydrogen-bond donors (Lipinski definition) is 1. The zero-order valence-electron chi connectivity index (χ0n) is 11.0. The molecule has 0 spiro atoms. The van der Waals surface area contributed by atoms with Crippen LogP contribution in [0.3, 0.4) is 0 Å². The summed E-state index contributed by atoms with van der Waals surface area (Å²) in [5, 5.41) is 0. The van der Waals surface area contributed by atoms with E-state index in [9.17, 15) is 8.78 Å². The summed E-state index contributed by atoms with van der Waals surface area (Å²) in [6.07, 6.45) is 0.754. The molecule has 0 saturated carbocycles. The van der Waals surface area contributed by atoms with E-state index in [0.29, 0.717) is 17.9 Å². The van der Waals surface area contributed by atoms with E-state index in [4.69, 9.17) is 10.5 Å². The first-order chi connectivity index (χ1) is 10.0. The molecule has 6 heteroatoms. The first kappa shape index (κ1) is 16.4. The lowest BCUT2D eigenvalue weighted by Crippen LogP contribution is -2.04. The maximum absolute atomic E-state index is 13.6. The SMILES string of the molecule is NCCc1cc(Br)c(OCc2ccc(F)cc2F)c(Br)c1. The summed E-state index contributed by atoms with van der Waals surface area (Å²) in [6.45, 7) is 0.569. The second kappa shape index (κ2) is 7.33. The number of rotatable bonds is 5. The van der Waals surface area contributed by atoms with Crippen LogP contribution in [0, 0.1) is 11.6 Å². The Bertz CT molecular complexity index is 627. The molecule has 112 valence electrons. The molecule has 0 aromatic heterocycles. The third kappa shape index (κ3) is 4.25. The van der Waals surface area contributed by atoms with Crippen molar-refractivity contribution in [2.45, 2.75) is 13.0 Å². The lowest BCUT2D eigenvalue weighted by Gasteiger charge is -2.12. The van der Waals surface area contributed by atoms with Crippen LogP contribution in [0.25, 0.3) is 0 Å². The third-order valence-electron chi connectivity index (χ3n) is 2.88. The fraction of sp³-hybridized carbons (Fsp3) is 0.200. The minimum absolute atomic E-state index is 0.0134. The Labute approximate surface area is 138 Å². The average molecular weight is 421 g/mol. The molecule has 0 unspecified atom stereocenters. The van der Waals surface area contributed by atoms with Crippen molar-refractivity contribution >= 4 is 31.9 Å². The predicted octanol–water partition coefficient (Wildman–Crippen LogP) is 4.57. The van der Waals surface area contributed by atoms with Crippen molar-refractivity contribution < 1.29 is 13.5 Å². The van der Waals surface area contributed by atoms with E-state index in [1.807, 2.05) is 12.1 Å². The van der Waals surface area contributed by atoms with Crippen molar-refractivity contribution in [3.05, 3.63) is 62.0 Å². The fourth-order valence-corrected chi connectivity index (χ4v) is 3.36. The van der Waals surface area contributed by atoms with Crippen molar-refractivity contribution in [3.63, 3.8) is 0 Å². The summed E-state index contributed by atoms with van der Waals surface area (Å²) in [5.74, 6) is -0.661. The molecule has 0 aliphatic rings. The molecule has 2 aromatic carbocycles. The first-order valence-corrected chi connectivity index (χ1v) is 7.84. The largest absolute Gasteiger partial charge is 0.486 e. The first-order valence-electron chi connectivity index (χ1n) is 6.26. The lowest BCUT2D eigenvalue weighted by molar-refractivity contribution is 0.295. The summed E-state index contributed by atoms with van der Waals surface area (Å²) in [4.78, 5) is 0. The van der Waals surface area contributed by atoms with Gasteiger partial charge < -0.3 is 10.5 Å². The number of nitrogens with two attached hydrogens (primary N) is 1. The Kier molecular flexibility index (Phi) is 5.72. The molecule has 0 radical (unpaired) electrons. The standard InChI is InChI=1S/C15H13Br2F2NO/c16-12-5-9(3-4-20)6-13(17)15(12)21-8-10-1-2-11(18)7-14(10)19/h1-2,5-7H,3-4,8,20H2. The smallest absolute Gasteiger partial charge is 0.148 e. The molecular formula is C15H13Br2F2NO. The fourth-order valence-electron chi connectivity index (χ4n) is 1.85. The Morgan fingerprint density at radius 2 is 1.71 bits per heavy atom. The van der Waals surface area contributed by atoms with Gasteiger partial charge in [0.1, 0.15) is 24.0 Å². The monoisotopic (exact) mass is 419 g/mol. The number of ether oxygens (including phenoxy) is 1. The van der Waals surface area contributed by atoms with Crippen LogP contribution in [0.1, 0.15) is 11.1 Å². The highest BCUT2D eigenvalue weighted by Crippen LogP contribution is 2.35. The minimum atomic E-state index is -0.623. The van der Waals surface area contributed by atoms with Gasteiger partial charge in [0, 0.05) is 11.6 Å². The van der Waals surface area contributed by atoms with Crippen molar-refractivity contribution in [1.29, 1.82) is 0 Å². The summed E-state index contributed by atoms with van der Waals surface area (Å²) in [6, 6.07) is 7.24. The number of benzene rings is 2. The van der Waals surface area contributed by atoms with Crippen LogP contribution < -0.4 is 10.5 Å². The molecule has 0 saturated heterocycles. The van der Waals surface area contributed by atoms with E-state index in [1.165, 1.54) is 12.1 Å². The van der Waals surface area contributed by atoms with E-state index >= 15 is 0 Å². The van der Waals surface area contributed by atoms with Crippen molar-refractivity contribution in [2.24, 2.45) is 5.73 Å². The van der Waals surface area contributed by atoms with Crippen LogP contribution in [-0.4, -0.2) is 6.54 Å². The van der Waals surface area contributed by atoms with Gasteiger partial charge in [-0.1, -0.05) is 0 Å². The summed E-state index contributed by atoms with van der Waals surface area (Å²) in [5.41, 5.74) is 6.89. The predicted molar refractivity (Wildman–Crippen MR) is 85.3 cm³/mol. The molecule has 0 bridgehead atoms. The van der Waals surface area contributed by atoms with Crippen LogP contribution >= 0.6 is 31.9 Å². The van der Waals surface area contributed by atoms with Gasteiger partial charge >= 0.3 is 0 Å². The van der Waals surface area contributed by atoms with Gasteiger partial charge in [0.05, 0.1) is 8.95 Å². The van der Waals surface area contributed by atoms with E-state index < -0.39 is 11.6 Å². The molecule has 0 heterocycles. The maximum Gasteiger partial charge on any atom is 0.148 e. The highest BCUT2D eigenvalue weighted by Gasteiger charge is 2.11. The molecule has 2 nitrogen and oxygen atoms in total. The van der Waals surface area contributed by atoms with Crippen LogP contribution in [-0.2, 0) is 13.0 Å². The molecule has 0 aliphatic heterocycles. The Morgan fingerprint density at radius 3 is 2.29 bits per heavy atom. The molecule has 0 atom stereocenters. The van der Waals surface area contributed by atoms with Gasteiger partial charge in [0.25, 0.3) is 0 Å². The molecule has 2 rings (SSSR count). The van der Waals surface area contributed by atoms with E-state index in [0.717, 1.165) is 27.0 Å². The van der Waals surface area contributed by atoms with Crippen molar-refractivity contribution in [2.75, 3.05) is 6.54 Å². The molecule has 2 N–H and O–H groups in total. The molecular weight excluding hydrogens is 408 g/mol. The zero-order chi connectivity index (χ0) is 15.4. The van der Waals surface area contributed by atoms with Gasteiger partial charge in [-0.25, -0.2) is 8.78 Å². The Hall–Kier alpha value is -0.980. The number of halogens is 4. The number of hydrogen-bond acceptors (Lipinski definition) is 2. The van der Waals surface area contributed by atoms with E-state index in [1.54, 1.807) is 0 Å². The highest BCUT2D eigenvalue weighted by atomic mass is 79.9. The van der Waals surface area contributed by atoms with Crippen molar-refractivity contribution in [1.82, 2.24) is 0 Å². The third-order valence-corrected chi connectivity index (χ3v) is 4.06. The van der Waals surface area contributed by atoms with Gasteiger partial charge in [0.15, 0.2) is 0 Å². The summed E-state index contributed by atoms with van der Waals surface area (Å²) >= 11 is 6.84. The average Bonchev–Trinajstić information content (AvgIpc) is 2.40. The normalized spacial score (nSPS) is 10.7. The lowest BCUT2D eigenvalue weighted by atomic mass is 10.1. The van der Waals surface area contributed by atoms with Crippen LogP contribution in [0.15, 0.2) is 39.3 Å². The van der Waals surface area contributed by atoms with Gasteiger partial charge in [-0.3, -0.25) is 0 Å². The summed E-state index contributed by atoms with van der Waals surface area (Å²) in [7, 11) is 0. The summed E-state index contributed by atoms with van der Waals surface area (Å²) < 4.78 is 33.5. The molecule has 2 aromatic rings. The minimum Gasteiger partial charge on any atom is -0.486 e. The molecule has 0 aliphatic carbocycles. The van der Waals surface area contributed by atoms with Gasteiger partial charge in [-0.2, -0.15) is 0 Å². The van der Waals surface area contributed by atoms with Crippen LogP contribution in [0.2, 0.25) is 0 Å². The quantitative estimate of drug-likeness (QED) is 0.768. The zero-order valence-corrected chi connectivity index (χ0v) is 14.2. The van der Waals surface area contributed by atoms with Crippen molar-refractivity contribution in [3.8, 4) is 5.75 Å². The van der Waals surface area contributed by atoms with Crippen LogP contribution in [0.5, 0.6) is 5.75 Å². The maximum atomic E-state index is 13.6. The van der Waals surface area contributed by atoms with Crippen LogP contribution in [0.4, 0.5) is 8.78 Å². The van der Waals surface area contributed by atoms with Gasteiger partial charge in [-0.15, -0.1) is 0 Å². The second-order valence-electron chi connectivity index (χ2n) is 4.45. The van der Waals surface area contributed by atoms with E-state index in [-0.39, 0.29) is 6.61 Å². The Morgan fingerprint density at radius 1 is 1.05 bits per heavy atom. The van der Waals surface area contributed by atoms with Gasteiger partial charge in [0.2, 0.25) is 0 Å². The molecule has 21 heavy (non-hydrogen) atoms. The topological polar surface area (TPSA) is 35.2 Å². The molecule has 0 fully saturated rings. The van der Waals surface area contributed by atoms with E-state index in [2.05, 4.69) is 31.9 Å². The van der Waals surface area contributed by atoms with Gasteiger partial charge in [-0.05, 0) is 74.7 Å². The second-order valence-corrected chi connectivity index (χ2v) is 6.16. The Balaban J connectivity index is 2.16. The highest BCUT2D eigenvalue weighted by molar-refractivity contribution is 9.11. The molecule has 0 amide bonds.